The van der Waals surface area contributed by atoms with Crippen molar-refractivity contribution in [3.05, 3.63) is 16.0 Å². The monoisotopic (exact) mass is 355 g/mol. The average molecular weight is 356 g/mol. The SMILES string of the molecule is CCCNc1nc(C(C)COC)nc(C2CCCC2)c1Br. The first-order chi connectivity index (χ1) is 10.2. The van der Waals surface area contributed by atoms with Crippen LogP contribution in [-0.2, 0) is 4.74 Å². The molecule has 2 rings (SSSR count). The Hall–Kier alpha value is -0.680. The summed E-state index contributed by atoms with van der Waals surface area (Å²) in [6, 6.07) is 0. The van der Waals surface area contributed by atoms with Gasteiger partial charge in [-0.3, -0.25) is 0 Å². The van der Waals surface area contributed by atoms with E-state index in [0.29, 0.717) is 12.5 Å². The smallest absolute Gasteiger partial charge is 0.144 e. The zero-order chi connectivity index (χ0) is 15.2. The zero-order valence-electron chi connectivity index (χ0n) is 13.3. The van der Waals surface area contributed by atoms with Crippen molar-refractivity contribution in [3.8, 4) is 0 Å². The van der Waals surface area contributed by atoms with Crippen LogP contribution >= 0.6 is 15.9 Å². The first-order valence-electron chi connectivity index (χ1n) is 7.97. The van der Waals surface area contributed by atoms with Crippen LogP contribution in [0.1, 0.15) is 69.3 Å². The molecule has 0 bridgehead atoms. The van der Waals surface area contributed by atoms with Crippen LogP contribution in [0.5, 0.6) is 0 Å². The Morgan fingerprint density at radius 1 is 1.33 bits per heavy atom. The van der Waals surface area contributed by atoms with E-state index in [1.165, 1.54) is 31.4 Å². The minimum atomic E-state index is 0.213. The third-order valence-corrected chi connectivity index (χ3v) is 4.82. The third kappa shape index (κ3) is 4.16. The molecule has 4 nitrogen and oxygen atoms in total. The van der Waals surface area contributed by atoms with Gasteiger partial charge < -0.3 is 10.1 Å². The lowest BCUT2D eigenvalue weighted by molar-refractivity contribution is 0.181. The number of nitrogens with zero attached hydrogens (tertiary/aromatic N) is 2. The van der Waals surface area contributed by atoms with E-state index in [-0.39, 0.29) is 5.92 Å². The van der Waals surface area contributed by atoms with Crippen molar-refractivity contribution < 1.29 is 4.74 Å². The number of hydrogen-bond acceptors (Lipinski definition) is 4. The molecular weight excluding hydrogens is 330 g/mol. The second kappa shape index (κ2) is 8.08. The summed E-state index contributed by atoms with van der Waals surface area (Å²) in [5, 5.41) is 3.43. The lowest BCUT2D eigenvalue weighted by atomic mass is 10.0. The van der Waals surface area contributed by atoms with Gasteiger partial charge in [0.2, 0.25) is 0 Å². The molecule has 5 heteroatoms. The van der Waals surface area contributed by atoms with E-state index < -0.39 is 0 Å². The van der Waals surface area contributed by atoms with Gasteiger partial charge in [0.15, 0.2) is 0 Å². The van der Waals surface area contributed by atoms with Crippen LogP contribution in [0, 0.1) is 0 Å². The van der Waals surface area contributed by atoms with Crippen LogP contribution < -0.4 is 5.32 Å². The third-order valence-electron chi connectivity index (χ3n) is 4.04. The number of aromatic nitrogens is 2. The molecule has 1 aliphatic rings. The maximum absolute atomic E-state index is 5.26. The molecule has 1 atom stereocenters. The van der Waals surface area contributed by atoms with E-state index in [1.807, 2.05) is 0 Å². The Kier molecular flexibility index (Phi) is 6.42. The van der Waals surface area contributed by atoms with Crippen molar-refractivity contribution in [3.63, 3.8) is 0 Å². The first-order valence-corrected chi connectivity index (χ1v) is 8.76. The van der Waals surface area contributed by atoms with Crippen LogP contribution in [0.4, 0.5) is 5.82 Å². The Balaban J connectivity index is 2.34. The summed E-state index contributed by atoms with van der Waals surface area (Å²) >= 11 is 3.73. The minimum Gasteiger partial charge on any atom is -0.384 e. The van der Waals surface area contributed by atoms with E-state index in [4.69, 9.17) is 14.7 Å². The summed E-state index contributed by atoms with van der Waals surface area (Å²) in [6.45, 7) is 5.86. The molecule has 118 valence electrons. The molecule has 21 heavy (non-hydrogen) atoms. The van der Waals surface area contributed by atoms with Gasteiger partial charge in [0.25, 0.3) is 0 Å². The van der Waals surface area contributed by atoms with E-state index in [2.05, 4.69) is 35.1 Å². The fourth-order valence-corrected chi connectivity index (χ4v) is 3.50. The van der Waals surface area contributed by atoms with Gasteiger partial charge in [-0.1, -0.05) is 26.7 Å². The number of halogens is 1. The molecule has 0 spiro atoms. The van der Waals surface area contributed by atoms with Crippen LogP contribution in [0.15, 0.2) is 4.47 Å². The zero-order valence-corrected chi connectivity index (χ0v) is 14.9. The maximum atomic E-state index is 5.26. The van der Waals surface area contributed by atoms with Gasteiger partial charge in [0.1, 0.15) is 11.6 Å². The number of anilines is 1. The molecule has 0 aliphatic heterocycles. The summed E-state index contributed by atoms with van der Waals surface area (Å²) in [5.74, 6) is 2.61. The number of hydrogen-bond donors (Lipinski definition) is 1. The standard InChI is InChI=1S/C16H26BrN3O/c1-4-9-18-16-13(17)14(12-7-5-6-8-12)19-15(20-16)11(2)10-21-3/h11-12H,4-10H2,1-3H3,(H,18,19,20). The molecule has 0 amide bonds. The van der Waals surface area contributed by atoms with Gasteiger partial charge >= 0.3 is 0 Å². The molecule has 1 aliphatic carbocycles. The first kappa shape index (κ1) is 16.7. The summed E-state index contributed by atoms with van der Waals surface area (Å²) in [7, 11) is 1.73. The highest BCUT2D eigenvalue weighted by Gasteiger charge is 2.25. The van der Waals surface area contributed by atoms with Crippen LogP contribution in [0.25, 0.3) is 0 Å². The van der Waals surface area contributed by atoms with Gasteiger partial charge in [-0.05, 0) is 35.2 Å². The molecule has 1 unspecified atom stereocenters. The molecule has 1 aromatic heterocycles. The summed E-state index contributed by atoms with van der Waals surface area (Å²) < 4.78 is 6.31. The normalized spacial score (nSPS) is 17.1. The second-order valence-corrected chi connectivity index (χ2v) is 6.69. The van der Waals surface area contributed by atoms with Gasteiger partial charge in [-0.25, -0.2) is 9.97 Å². The Labute approximate surface area is 136 Å². The number of methoxy groups -OCH3 is 1. The van der Waals surface area contributed by atoms with Gasteiger partial charge in [0, 0.05) is 25.5 Å². The molecule has 0 radical (unpaired) electrons. The van der Waals surface area contributed by atoms with Crippen LogP contribution in [0.3, 0.4) is 0 Å². The Morgan fingerprint density at radius 3 is 2.67 bits per heavy atom. The number of rotatable bonds is 7. The van der Waals surface area contributed by atoms with Crippen LogP contribution in [0.2, 0.25) is 0 Å². The predicted octanol–water partition coefficient (Wildman–Crippen LogP) is 4.47. The highest BCUT2D eigenvalue weighted by molar-refractivity contribution is 9.10. The fraction of sp³-hybridized carbons (Fsp3) is 0.750. The molecular formula is C16H26BrN3O. The lowest BCUT2D eigenvalue weighted by Gasteiger charge is -2.18. The average Bonchev–Trinajstić information content (AvgIpc) is 3.00. The molecule has 1 aromatic rings. The molecule has 1 saturated carbocycles. The summed E-state index contributed by atoms with van der Waals surface area (Å²) in [4.78, 5) is 9.57. The van der Waals surface area contributed by atoms with Crippen LogP contribution in [-0.4, -0.2) is 30.2 Å². The fourth-order valence-electron chi connectivity index (χ4n) is 2.86. The summed E-state index contributed by atoms with van der Waals surface area (Å²) in [6.07, 6.45) is 6.17. The van der Waals surface area contributed by atoms with Crippen molar-refractivity contribution in [2.75, 3.05) is 25.6 Å². The number of ether oxygens (including phenoxy) is 1. The largest absolute Gasteiger partial charge is 0.384 e. The minimum absolute atomic E-state index is 0.213. The van der Waals surface area contributed by atoms with Gasteiger partial charge in [-0.2, -0.15) is 0 Å². The Morgan fingerprint density at radius 2 is 2.05 bits per heavy atom. The second-order valence-electron chi connectivity index (χ2n) is 5.89. The molecule has 0 saturated heterocycles. The lowest BCUT2D eigenvalue weighted by Crippen LogP contribution is -2.14. The van der Waals surface area contributed by atoms with E-state index in [9.17, 15) is 0 Å². The summed E-state index contributed by atoms with van der Waals surface area (Å²) in [5.41, 5.74) is 1.18. The van der Waals surface area contributed by atoms with Crippen molar-refractivity contribution in [2.45, 2.75) is 57.8 Å². The molecule has 1 heterocycles. The van der Waals surface area contributed by atoms with Crippen molar-refractivity contribution in [1.82, 2.24) is 9.97 Å². The quantitative estimate of drug-likeness (QED) is 0.783. The highest BCUT2D eigenvalue weighted by Crippen LogP contribution is 2.39. The van der Waals surface area contributed by atoms with Gasteiger partial charge in [0.05, 0.1) is 16.8 Å². The maximum Gasteiger partial charge on any atom is 0.144 e. The van der Waals surface area contributed by atoms with Crippen molar-refractivity contribution in [2.24, 2.45) is 0 Å². The Bertz CT molecular complexity index is 461. The highest BCUT2D eigenvalue weighted by atomic mass is 79.9. The van der Waals surface area contributed by atoms with Crippen molar-refractivity contribution in [1.29, 1.82) is 0 Å². The van der Waals surface area contributed by atoms with E-state index in [0.717, 1.165) is 29.1 Å². The topological polar surface area (TPSA) is 47.0 Å². The van der Waals surface area contributed by atoms with E-state index >= 15 is 0 Å². The van der Waals surface area contributed by atoms with Crippen molar-refractivity contribution >= 4 is 21.7 Å². The number of nitrogens with one attached hydrogen (secondary N) is 1. The molecule has 1 fully saturated rings. The van der Waals surface area contributed by atoms with Gasteiger partial charge in [-0.15, -0.1) is 0 Å². The predicted molar refractivity (Wildman–Crippen MR) is 90.0 cm³/mol. The molecule has 1 N–H and O–H groups in total. The molecule has 0 aromatic carbocycles. The van der Waals surface area contributed by atoms with E-state index in [1.54, 1.807) is 7.11 Å².